The van der Waals surface area contributed by atoms with Crippen LogP contribution in [0.4, 0.5) is 0 Å². The lowest BCUT2D eigenvalue weighted by Crippen LogP contribution is -2.47. The average molecular weight is 289 g/mol. The Morgan fingerprint density at radius 1 is 1.43 bits per heavy atom. The van der Waals surface area contributed by atoms with Gasteiger partial charge in [-0.15, -0.1) is 0 Å². The zero-order valence-electron chi connectivity index (χ0n) is 11.6. The summed E-state index contributed by atoms with van der Waals surface area (Å²) in [5, 5.41) is 30.5. The minimum atomic E-state index is -0.756. The van der Waals surface area contributed by atoms with Gasteiger partial charge in [0.1, 0.15) is 0 Å². The predicted octanol–water partition coefficient (Wildman–Crippen LogP) is 0.776. The number of rotatable bonds is 4. The van der Waals surface area contributed by atoms with Crippen LogP contribution in [-0.2, 0) is 11.2 Å². The lowest BCUT2D eigenvalue weighted by atomic mass is 10.0. The van der Waals surface area contributed by atoms with E-state index in [1.165, 1.54) is 12.1 Å². The molecule has 1 aromatic rings. The molecule has 1 fully saturated rings. The minimum Gasteiger partial charge on any atom is -0.504 e. The van der Waals surface area contributed by atoms with E-state index in [9.17, 15) is 15.0 Å². The van der Waals surface area contributed by atoms with Crippen LogP contribution >= 0.6 is 0 Å². The van der Waals surface area contributed by atoms with E-state index in [0.717, 1.165) is 19.3 Å². The zero-order chi connectivity index (χ0) is 15.4. The molecule has 2 unspecified atom stereocenters. The van der Waals surface area contributed by atoms with Crippen LogP contribution in [0.1, 0.15) is 24.8 Å². The summed E-state index contributed by atoms with van der Waals surface area (Å²) in [5.41, 5.74) is 6.53. The van der Waals surface area contributed by atoms with E-state index in [4.69, 9.17) is 11.0 Å². The van der Waals surface area contributed by atoms with E-state index in [2.05, 4.69) is 11.4 Å². The maximum Gasteiger partial charge on any atom is 0.237 e. The molecule has 1 aliphatic rings. The quantitative estimate of drug-likeness (QED) is 0.610. The van der Waals surface area contributed by atoms with E-state index < -0.39 is 6.04 Å². The molecule has 1 aromatic carbocycles. The number of nitrogens with two attached hydrogens (primary N) is 1. The molecule has 0 radical (unpaired) electrons. The Labute approximate surface area is 123 Å². The highest BCUT2D eigenvalue weighted by Gasteiger charge is 2.29. The summed E-state index contributed by atoms with van der Waals surface area (Å²) in [7, 11) is 0. The molecule has 2 rings (SSSR count). The summed E-state index contributed by atoms with van der Waals surface area (Å²) < 4.78 is 0. The summed E-state index contributed by atoms with van der Waals surface area (Å²) in [6.07, 6.45) is 2.80. The van der Waals surface area contributed by atoms with Crippen LogP contribution in [-0.4, -0.2) is 28.2 Å². The molecule has 0 heterocycles. The van der Waals surface area contributed by atoms with Crippen LogP contribution in [0, 0.1) is 17.2 Å². The van der Waals surface area contributed by atoms with Gasteiger partial charge in [0.25, 0.3) is 0 Å². The van der Waals surface area contributed by atoms with Gasteiger partial charge in [-0.1, -0.05) is 6.07 Å². The SMILES string of the molecule is N#CC1CCCC1NC(=O)[C@@H](N)Cc1ccc(O)c(O)c1. The van der Waals surface area contributed by atoms with E-state index in [1.54, 1.807) is 6.07 Å². The van der Waals surface area contributed by atoms with Crippen molar-refractivity contribution in [1.29, 1.82) is 5.26 Å². The number of nitriles is 1. The molecule has 21 heavy (non-hydrogen) atoms. The molecule has 1 amide bonds. The molecular formula is C15H19N3O3. The first kappa shape index (κ1) is 15.1. The number of hydrogen-bond acceptors (Lipinski definition) is 5. The fraction of sp³-hybridized carbons (Fsp3) is 0.467. The number of benzene rings is 1. The number of amides is 1. The molecule has 3 atom stereocenters. The first-order valence-electron chi connectivity index (χ1n) is 6.97. The number of aromatic hydroxyl groups is 2. The summed E-state index contributed by atoms with van der Waals surface area (Å²) in [6, 6.07) is 5.68. The first-order valence-corrected chi connectivity index (χ1v) is 6.97. The van der Waals surface area contributed by atoms with Crippen molar-refractivity contribution in [2.24, 2.45) is 11.7 Å². The second-order valence-corrected chi connectivity index (χ2v) is 5.42. The fourth-order valence-corrected chi connectivity index (χ4v) is 2.62. The van der Waals surface area contributed by atoms with Crippen molar-refractivity contribution in [3.05, 3.63) is 23.8 Å². The van der Waals surface area contributed by atoms with Crippen molar-refractivity contribution in [1.82, 2.24) is 5.32 Å². The van der Waals surface area contributed by atoms with Gasteiger partial charge >= 0.3 is 0 Å². The molecular weight excluding hydrogens is 270 g/mol. The number of hydrogen-bond donors (Lipinski definition) is 4. The lowest BCUT2D eigenvalue weighted by molar-refractivity contribution is -0.123. The van der Waals surface area contributed by atoms with Crippen LogP contribution in [0.15, 0.2) is 18.2 Å². The summed E-state index contributed by atoms with van der Waals surface area (Å²) >= 11 is 0. The van der Waals surface area contributed by atoms with Crippen LogP contribution in [0.3, 0.4) is 0 Å². The van der Waals surface area contributed by atoms with Gasteiger partial charge < -0.3 is 21.3 Å². The zero-order valence-corrected chi connectivity index (χ0v) is 11.6. The van der Waals surface area contributed by atoms with Crippen molar-refractivity contribution < 1.29 is 15.0 Å². The number of nitrogens with one attached hydrogen (secondary N) is 1. The third kappa shape index (κ3) is 3.64. The van der Waals surface area contributed by atoms with Crippen molar-refractivity contribution in [2.75, 3.05) is 0 Å². The monoisotopic (exact) mass is 289 g/mol. The molecule has 1 saturated carbocycles. The molecule has 0 spiro atoms. The highest BCUT2D eigenvalue weighted by Crippen LogP contribution is 2.26. The standard InChI is InChI=1S/C15H19N3O3/c16-8-10-2-1-3-12(10)18-15(21)11(17)6-9-4-5-13(19)14(20)7-9/h4-5,7,10-12,19-20H,1-3,6,17H2,(H,18,21)/t10?,11-,12?/m0/s1. The molecule has 0 aliphatic heterocycles. The van der Waals surface area contributed by atoms with Crippen molar-refractivity contribution in [3.8, 4) is 17.6 Å². The Hall–Kier alpha value is -2.26. The maximum absolute atomic E-state index is 12.1. The molecule has 1 aliphatic carbocycles. The molecule has 0 saturated heterocycles. The van der Waals surface area contributed by atoms with E-state index >= 15 is 0 Å². The topological polar surface area (TPSA) is 119 Å². The fourth-order valence-electron chi connectivity index (χ4n) is 2.62. The average Bonchev–Trinajstić information content (AvgIpc) is 2.90. The Morgan fingerprint density at radius 3 is 2.86 bits per heavy atom. The second-order valence-electron chi connectivity index (χ2n) is 5.42. The molecule has 112 valence electrons. The highest BCUT2D eigenvalue weighted by molar-refractivity contribution is 5.82. The third-order valence-corrected chi connectivity index (χ3v) is 3.84. The van der Waals surface area contributed by atoms with E-state index in [-0.39, 0.29) is 35.8 Å². The Balaban J connectivity index is 1.93. The minimum absolute atomic E-state index is 0.123. The molecule has 0 bridgehead atoms. The second kappa shape index (κ2) is 6.46. The lowest BCUT2D eigenvalue weighted by Gasteiger charge is -2.19. The molecule has 6 heteroatoms. The van der Waals surface area contributed by atoms with Gasteiger partial charge in [-0.25, -0.2) is 0 Å². The largest absolute Gasteiger partial charge is 0.504 e. The van der Waals surface area contributed by atoms with E-state index in [0.29, 0.717) is 5.56 Å². The third-order valence-electron chi connectivity index (χ3n) is 3.84. The van der Waals surface area contributed by atoms with Crippen LogP contribution in [0.2, 0.25) is 0 Å². The van der Waals surface area contributed by atoms with Crippen molar-refractivity contribution in [3.63, 3.8) is 0 Å². The van der Waals surface area contributed by atoms with Gasteiger partial charge in [0.05, 0.1) is 18.0 Å². The van der Waals surface area contributed by atoms with Gasteiger partial charge in [-0.3, -0.25) is 4.79 Å². The van der Waals surface area contributed by atoms with Crippen molar-refractivity contribution >= 4 is 5.91 Å². The van der Waals surface area contributed by atoms with Crippen LogP contribution < -0.4 is 11.1 Å². The first-order chi connectivity index (χ1) is 10.0. The van der Waals surface area contributed by atoms with Crippen LogP contribution in [0.25, 0.3) is 0 Å². The Bertz CT molecular complexity index is 568. The van der Waals surface area contributed by atoms with E-state index in [1.807, 2.05) is 0 Å². The summed E-state index contributed by atoms with van der Waals surface area (Å²) in [4.78, 5) is 12.1. The van der Waals surface area contributed by atoms with Gasteiger partial charge in [0, 0.05) is 6.04 Å². The molecule has 5 N–H and O–H groups in total. The van der Waals surface area contributed by atoms with Crippen molar-refractivity contribution in [2.45, 2.75) is 37.8 Å². The number of nitrogens with zero attached hydrogens (tertiary/aromatic N) is 1. The Morgan fingerprint density at radius 2 is 2.19 bits per heavy atom. The van der Waals surface area contributed by atoms with Gasteiger partial charge in [0.2, 0.25) is 5.91 Å². The van der Waals surface area contributed by atoms with Gasteiger partial charge in [0.15, 0.2) is 11.5 Å². The highest BCUT2D eigenvalue weighted by atomic mass is 16.3. The number of phenolic OH excluding ortho intramolecular Hbond substituents is 2. The smallest absolute Gasteiger partial charge is 0.237 e. The molecule has 0 aromatic heterocycles. The molecule has 6 nitrogen and oxygen atoms in total. The van der Waals surface area contributed by atoms with Crippen LogP contribution in [0.5, 0.6) is 11.5 Å². The van der Waals surface area contributed by atoms with Gasteiger partial charge in [-0.2, -0.15) is 5.26 Å². The summed E-state index contributed by atoms with van der Waals surface area (Å²) in [5.74, 6) is -0.881. The van der Waals surface area contributed by atoms with Gasteiger partial charge in [-0.05, 0) is 43.4 Å². The number of phenols is 2. The predicted molar refractivity (Wildman–Crippen MR) is 76.3 cm³/mol. The maximum atomic E-state index is 12.1. The number of carbonyl (C=O) groups is 1. The summed E-state index contributed by atoms with van der Waals surface area (Å²) in [6.45, 7) is 0. The Kier molecular flexibility index (Phi) is 4.66. The number of carbonyl (C=O) groups excluding carboxylic acids is 1. The normalized spacial score (nSPS) is 22.5.